The normalized spacial score (nSPS) is 10.1. The number of benzene rings is 3. The van der Waals surface area contributed by atoms with Crippen molar-refractivity contribution in [2.24, 2.45) is 0 Å². The number of rotatable bonds is 8. The van der Waals surface area contributed by atoms with Gasteiger partial charge in [0.2, 0.25) is 0 Å². The number of carbonyl (C=O) groups excluding carboxylic acids is 2. The molecule has 0 bridgehead atoms. The van der Waals surface area contributed by atoms with Gasteiger partial charge in [-0.15, -0.1) is 0 Å². The van der Waals surface area contributed by atoms with Crippen LogP contribution in [0.25, 0.3) is 0 Å². The van der Waals surface area contributed by atoms with Crippen molar-refractivity contribution in [3.63, 3.8) is 0 Å². The minimum atomic E-state index is -0.301. The summed E-state index contributed by atoms with van der Waals surface area (Å²) in [4.78, 5) is 24.7. The van der Waals surface area contributed by atoms with Gasteiger partial charge in [-0.25, -0.2) is 0 Å². The van der Waals surface area contributed by atoms with Gasteiger partial charge < -0.3 is 20.1 Å². The Balaban J connectivity index is 1.54. The van der Waals surface area contributed by atoms with Crippen molar-refractivity contribution in [2.75, 3.05) is 19.0 Å². The Bertz CT molecular complexity index is 956. The predicted molar refractivity (Wildman–Crippen MR) is 111 cm³/mol. The maximum absolute atomic E-state index is 12.5. The van der Waals surface area contributed by atoms with Gasteiger partial charge >= 0.3 is 0 Å². The molecule has 0 atom stereocenters. The molecule has 2 N–H and O–H groups in total. The Hall–Kier alpha value is -3.80. The van der Waals surface area contributed by atoms with Gasteiger partial charge in [0.15, 0.2) is 6.61 Å². The van der Waals surface area contributed by atoms with E-state index in [0.717, 1.165) is 11.3 Å². The van der Waals surface area contributed by atoms with Crippen LogP contribution in [0.3, 0.4) is 0 Å². The fourth-order valence-corrected chi connectivity index (χ4v) is 2.64. The number of hydrogen-bond acceptors (Lipinski definition) is 4. The Morgan fingerprint density at radius 3 is 2.28 bits per heavy atom. The van der Waals surface area contributed by atoms with E-state index >= 15 is 0 Å². The van der Waals surface area contributed by atoms with Crippen LogP contribution in [0.5, 0.6) is 11.5 Å². The Kier molecular flexibility index (Phi) is 6.84. The lowest BCUT2D eigenvalue weighted by atomic mass is 10.2. The zero-order valence-corrected chi connectivity index (χ0v) is 16.1. The first-order valence-electron chi connectivity index (χ1n) is 9.13. The van der Waals surface area contributed by atoms with E-state index < -0.39 is 0 Å². The topological polar surface area (TPSA) is 76.7 Å². The van der Waals surface area contributed by atoms with Crippen LogP contribution in [0.15, 0.2) is 78.9 Å². The zero-order chi connectivity index (χ0) is 20.5. The summed E-state index contributed by atoms with van der Waals surface area (Å²) in [6.07, 6.45) is 0. The second-order valence-corrected chi connectivity index (χ2v) is 6.23. The van der Waals surface area contributed by atoms with Crippen LogP contribution < -0.4 is 20.1 Å². The van der Waals surface area contributed by atoms with Crippen LogP contribution in [-0.2, 0) is 11.3 Å². The smallest absolute Gasteiger partial charge is 0.259 e. The first-order valence-corrected chi connectivity index (χ1v) is 9.13. The Labute approximate surface area is 169 Å². The summed E-state index contributed by atoms with van der Waals surface area (Å²) < 4.78 is 10.7. The fourth-order valence-electron chi connectivity index (χ4n) is 2.64. The Morgan fingerprint density at radius 2 is 1.55 bits per heavy atom. The maximum atomic E-state index is 12.5. The molecule has 148 valence electrons. The third-order valence-corrected chi connectivity index (χ3v) is 4.17. The molecule has 6 heteroatoms. The van der Waals surface area contributed by atoms with Crippen molar-refractivity contribution in [3.8, 4) is 11.5 Å². The third-order valence-electron chi connectivity index (χ3n) is 4.17. The van der Waals surface area contributed by atoms with E-state index in [1.165, 1.54) is 0 Å². The van der Waals surface area contributed by atoms with E-state index in [-0.39, 0.29) is 18.4 Å². The summed E-state index contributed by atoms with van der Waals surface area (Å²) in [7, 11) is 1.60. The van der Waals surface area contributed by atoms with Gasteiger partial charge in [-0.3, -0.25) is 9.59 Å². The molecule has 29 heavy (non-hydrogen) atoms. The number of nitrogens with one attached hydrogen (secondary N) is 2. The SMILES string of the molecule is COc1ccc(CNC(=O)COc2ccccc2C(=O)Nc2ccccc2)cc1. The summed E-state index contributed by atoms with van der Waals surface area (Å²) in [6.45, 7) is 0.189. The Morgan fingerprint density at radius 1 is 0.862 bits per heavy atom. The molecule has 3 aromatic rings. The van der Waals surface area contributed by atoms with Gasteiger partial charge in [0, 0.05) is 12.2 Å². The van der Waals surface area contributed by atoms with Crippen molar-refractivity contribution in [3.05, 3.63) is 90.0 Å². The fraction of sp³-hybridized carbons (Fsp3) is 0.130. The van der Waals surface area contributed by atoms with Gasteiger partial charge in [0.25, 0.3) is 11.8 Å². The molecular weight excluding hydrogens is 368 g/mol. The predicted octanol–water partition coefficient (Wildman–Crippen LogP) is 3.64. The lowest BCUT2D eigenvalue weighted by Crippen LogP contribution is -2.28. The van der Waals surface area contributed by atoms with E-state index in [2.05, 4.69) is 10.6 Å². The highest BCUT2D eigenvalue weighted by molar-refractivity contribution is 6.06. The molecule has 0 unspecified atom stereocenters. The van der Waals surface area contributed by atoms with Crippen LogP contribution >= 0.6 is 0 Å². The summed E-state index contributed by atoms with van der Waals surface area (Å²) >= 11 is 0. The highest BCUT2D eigenvalue weighted by Gasteiger charge is 2.13. The summed E-state index contributed by atoms with van der Waals surface area (Å²) in [5.74, 6) is 0.527. The quantitative estimate of drug-likeness (QED) is 0.616. The van der Waals surface area contributed by atoms with Crippen molar-refractivity contribution < 1.29 is 19.1 Å². The maximum Gasteiger partial charge on any atom is 0.259 e. The van der Waals surface area contributed by atoms with Gasteiger partial charge in [0.1, 0.15) is 11.5 Å². The molecule has 3 rings (SSSR count). The summed E-state index contributed by atoms with van der Waals surface area (Å²) in [5.41, 5.74) is 1.99. The molecule has 2 amide bonds. The first kappa shape index (κ1) is 19.9. The van der Waals surface area contributed by atoms with Gasteiger partial charge in [-0.2, -0.15) is 0 Å². The van der Waals surface area contributed by atoms with E-state index in [4.69, 9.17) is 9.47 Å². The number of carbonyl (C=O) groups is 2. The molecule has 3 aromatic carbocycles. The summed E-state index contributed by atoms with van der Waals surface area (Å²) in [6, 6.07) is 23.4. The molecule has 0 fully saturated rings. The number of amides is 2. The second-order valence-electron chi connectivity index (χ2n) is 6.23. The van der Waals surface area contributed by atoms with E-state index in [0.29, 0.717) is 23.5 Å². The molecule has 0 aliphatic heterocycles. The molecule has 0 saturated heterocycles. The van der Waals surface area contributed by atoms with Crippen molar-refractivity contribution in [1.29, 1.82) is 0 Å². The second kappa shape index (κ2) is 9.94. The van der Waals surface area contributed by atoms with Crippen LogP contribution in [0.4, 0.5) is 5.69 Å². The highest BCUT2D eigenvalue weighted by atomic mass is 16.5. The molecule has 0 aliphatic rings. The molecule has 0 radical (unpaired) electrons. The van der Waals surface area contributed by atoms with Crippen LogP contribution in [-0.4, -0.2) is 25.5 Å². The summed E-state index contributed by atoms with van der Waals surface area (Å²) in [5, 5.41) is 5.60. The monoisotopic (exact) mass is 390 g/mol. The minimum absolute atomic E-state index is 0.189. The minimum Gasteiger partial charge on any atom is -0.497 e. The molecule has 6 nitrogen and oxygen atoms in total. The van der Waals surface area contributed by atoms with Crippen LogP contribution in [0.1, 0.15) is 15.9 Å². The molecule has 0 spiro atoms. The van der Waals surface area contributed by atoms with Gasteiger partial charge in [0.05, 0.1) is 12.7 Å². The molecular formula is C23H22N2O4. The van der Waals surface area contributed by atoms with Gasteiger partial charge in [-0.1, -0.05) is 42.5 Å². The molecule has 0 saturated carbocycles. The number of para-hydroxylation sites is 2. The molecule has 0 aromatic heterocycles. The first-order chi connectivity index (χ1) is 14.2. The molecule has 0 heterocycles. The lowest BCUT2D eigenvalue weighted by molar-refractivity contribution is -0.123. The number of methoxy groups -OCH3 is 1. The lowest BCUT2D eigenvalue weighted by Gasteiger charge is -2.12. The van der Waals surface area contributed by atoms with Crippen molar-refractivity contribution in [2.45, 2.75) is 6.54 Å². The standard InChI is InChI=1S/C23H22N2O4/c1-28-19-13-11-17(12-14-19)15-24-22(26)16-29-21-10-6-5-9-20(21)23(27)25-18-7-3-2-4-8-18/h2-14H,15-16H2,1H3,(H,24,26)(H,25,27). The van der Waals surface area contributed by atoms with Crippen molar-refractivity contribution in [1.82, 2.24) is 5.32 Å². The average molecular weight is 390 g/mol. The number of ether oxygens (including phenoxy) is 2. The van der Waals surface area contributed by atoms with Crippen molar-refractivity contribution >= 4 is 17.5 Å². The van der Waals surface area contributed by atoms with E-state index in [9.17, 15) is 9.59 Å². The third kappa shape index (κ3) is 5.84. The zero-order valence-electron chi connectivity index (χ0n) is 16.1. The number of anilines is 1. The van der Waals surface area contributed by atoms with E-state index in [1.54, 1.807) is 43.5 Å². The molecule has 0 aliphatic carbocycles. The number of hydrogen-bond donors (Lipinski definition) is 2. The van der Waals surface area contributed by atoms with Gasteiger partial charge in [-0.05, 0) is 42.0 Å². The largest absolute Gasteiger partial charge is 0.497 e. The van der Waals surface area contributed by atoms with Crippen LogP contribution in [0.2, 0.25) is 0 Å². The van der Waals surface area contributed by atoms with E-state index in [1.807, 2.05) is 42.5 Å². The highest BCUT2D eigenvalue weighted by Crippen LogP contribution is 2.19. The van der Waals surface area contributed by atoms with Crippen LogP contribution in [0, 0.1) is 0 Å². The average Bonchev–Trinajstić information content (AvgIpc) is 2.77.